The second kappa shape index (κ2) is 4.02. The number of hydrogen-bond donors (Lipinski definition) is 0. The molecule has 0 aliphatic heterocycles. The van der Waals surface area contributed by atoms with Crippen LogP contribution in [0.1, 0.15) is 10.5 Å². The molecule has 0 unspecified atom stereocenters. The van der Waals surface area contributed by atoms with Crippen LogP contribution in [0.3, 0.4) is 0 Å². The zero-order valence-electron chi connectivity index (χ0n) is 7.60. The summed E-state index contributed by atoms with van der Waals surface area (Å²) in [5.74, 6) is -0.649. The van der Waals surface area contributed by atoms with E-state index in [1.54, 1.807) is 0 Å². The van der Waals surface area contributed by atoms with Crippen molar-refractivity contribution in [3.05, 3.63) is 23.0 Å². The van der Waals surface area contributed by atoms with E-state index < -0.39 is 15.6 Å². The van der Waals surface area contributed by atoms with Crippen molar-refractivity contribution in [2.24, 2.45) is 4.36 Å². The molecular weight excluding hydrogens is 226 g/mol. The molecule has 0 aliphatic carbocycles. The lowest BCUT2D eigenvalue weighted by Gasteiger charge is -1.95. The molecule has 1 aromatic rings. The van der Waals surface area contributed by atoms with Gasteiger partial charge < -0.3 is 0 Å². The Morgan fingerprint density at radius 3 is 2.50 bits per heavy atom. The number of aromatic nitrogens is 2. The zero-order chi connectivity index (χ0) is 10.8. The van der Waals surface area contributed by atoms with Crippen LogP contribution in [0.15, 0.2) is 16.5 Å². The maximum atomic E-state index is 11.3. The van der Waals surface area contributed by atoms with E-state index in [9.17, 15) is 9.00 Å². The lowest BCUT2D eigenvalue weighted by Crippen LogP contribution is -2.04. The van der Waals surface area contributed by atoms with Gasteiger partial charge in [0.25, 0.3) is 0 Å². The lowest BCUT2D eigenvalue weighted by atomic mass is 10.4. The van der Waals surface area contributed by atoms with E-state index in [4.69, 9.17) is 11.6 Å². The number of halogens is 1. The predicted molar refractivity (Wildman–Crippen MR) is 53.8 cm³/mol. The topological polar surface area (TPSA) is 72.3 Å². The highest BCUT2D eigenvalue weighted by atomic mass is 35.5. The smallest absolute Gasteiger partial charge is 0.264 e. The van der Waals surface area contributed by atoms with Gasteiger partial charge in [-0.25, -0.2) is 4.21 Å². The lowest BCUT2D eigenvalue weighted by molar-refractivity contribution is 0.0999. The Balaban J connectivity index is 3.03. The van der Waals surface area contributed by atoms with Crippen molar-refractivity contribution in [3.8, 4) is 0 Å². The fraction of sp³-hybridized carbons (Fsp3) is 0.286. The molecule has 1 rings (SSSR count). The van der Waals surface area contributed by atoms with Gasteiger partial charge in [-0.2, -0.15) is 4.36 Å². The first-order valence-electron chi connectivity index (χ1n) is 3.59. The molecule has 0 aromatic carbocycles. The first-order chi connectivity index (χ1) is 6.38. The molecule has 76 valence electrons. The molecule has 7 heteroatoms. The molecule has 0 atom stereocenters. The maximum Gasteiger partial charge on any atom is 0.305 e. The minimum Gasteiger partial charge on any atom is -0.264 e. The van der Waals surface area contributed by atoms with E-state index in [-0.39, 0.29) is 10.8 Å². The number of nitrogens with zero attached hydrogens (tertiary/aromatic N) is 3. The van der Waals surface area contributed by atoms with Crippen molar-refractivity contribution in [1.82, 2.24) is 10.2 Å². The fourth-order valence-corrected chi connectivity index (χ4v) is 1.27. The standard InChI is InChI=1S/C7H8ClN3O2S/c1-14(2,13)11-7(12)5-3-4-6(8)10-9-5/h3-4H,1-2H3. The Morgan fingerprint density at radius 1 is 1.43 bits per heavy atom. The van der Waals surface area contributed by atoms with Gasteiger partial charge in [0.15, 0.2) is 10.8 Å². The van der Waals surface area contributed by atoms with Gasteiger partial charge in [0.1, 0.15) is 0 Å². The normalized spacial score (nSPS) is 11.1. The third-order valence-corrected chi connectivity index (χ3v) is 1.96. The predicted octanol–water partition coefficient (Wildman–Crippen LogP) is 0.998. The van der Waals surface area contributed by atoms with Crippen LogP contribution in [0, 0.1) is 0 Å². The molecule has 1 amide bonds. The van der Waals surface area contributed by atoms with Crippen molar-refractivity contribution in [2.75, 3.05) is 12.5 Å². The summed E-state index contributed by atoms with van der Waals surface area (Å²) >= 11 is 5.48. The molecule has 0 fully saturated rings. The molecule has 0 radical (unpaired) electrons. The molecule has 14 heavy (non-hydrogen) atoms. The third-order valence-electron chi connectivity index (χ3n) is 1.15. The maximum absolute atomic E-state index is 11.3. The summed E-state index contributed by atoms with van der Waals surface area (Å²) in [6.45, 7) is 0. The van der Waals surface area contributed by atoms with Crippen LogP contribution < -0.4 is 0 Å². The summed E-state index contributed by atoms with van der Waals surface area (Å²) in [4.78, 5) is 11.3. The average molecular weight is 234 g/mol. The average Bonchev–Trinajstić information content (AvgIpc) is 2.02. The van der Waals surface area contributed by atoms with Crippen LogP contribution in [-0.4, -0.2) is 32.8 Å². The number of hydrogen-bond acceptors (Lipinski definition) is 4. The van der Waals surface area contributed by atoms with Crippen LogP contribution in [-0.2, 0) is 9.73 Å². The molecule has 1 heterocycles. The molecule has 0 saturated heterocycles. The summed E-state index contributed by atoms with van der Waals surface area (Å²) in [5, 5.41) is 7.17. The Hall–Kier alpha value is -1.01. The molecule has 0 spiro atoms. The highest BCUT2D eigenvalue weighted by Gasteiger charge is 2.07. The largest absolute Gasteiger partial charge is 0.305 e. The van der Waals surface area contributed by atoms with Crippen molar-refractivity contribution < 1.29 is 9.00 Å². The van der Waals surface area contributed by atoms with Gasteiger partial charge in [-0.15, -0.1) is 10.2 Å². The number of amides is 1. The second-order valence-electron chi connectivity index (χ2n) is 2.82. The summed E-state index contributed by atoms with van der Waals surface area (Å²) in [7, 11) is -2.46. The third kappa shape index (κ3) is 3.39. The van der Waals surface area contributed by atoms with Gasteiger partial charge >= 0.3 is 5.91 Å². The Kier molecular flexibility index (Phi) is 3.17. The van der Waals surface area contributed by atoms with Gasteiger partial charge in [-0.3, -0.25) is 4.79 Å². The van der Waals surface area contributed by atoms with Gasteiger partial charge in [0, 0.05) is 22.2 Å². The molecule has 5 nitrogen and oxygen atoms in total. The molecule has 0 saturated carbocycles. The molecular formula is C7H8ClN3O2S. The minimum atomic E-state index is -2.46. The highest BCUT2D eigenvalue weighted by molar-refractivity contribution is 7.92. The van der Waals surface area contributed by atoms with Crippen LogP contribution in [0.4, 0.5) is 0 Å². The fourth-order valence-electron chi connectivity index (χ4n) is 0.676. The first kappa shape index (κ1) is 11.1. The van der Waals surface area contributed by atoms with Gasteiger partial charge in [0.2, 0.25) is 0 Å². The number of carbonyl (C=O) groups excluding carboxylic acids is 1. The van der Waals surface area contributed by atoms with E-state index in [1.807, 2.05) is 0 Å². The van der Waals surface area contributed by atoms with Crippen LogP contribution >= 0.6 is 11.6 Å². The SMILES string of the molecule is CS(C)(=O)=NC(=O)c1ccc(Cl)nn1. The van der Waals surface area contributed by atoms with Gasteiger partial charge in [0.05, 0.1) is 0 Å². The Labute approximate surface area is 86.7 Å². The monoisotopic (exact) mass is 233 g/mol. The van der Waals surface area contributed by atoms with E-state index in [2.05, 4.69) is 14.6 Å². The summed E-state index contributed by atoms with van der Waals surface area (Å²) < 4.78 is 14.6. The number of carbonyl (C=O) groups is 1. The van der Waals surface area contributed by atoms with Crippen molar-refractivity contribution in [1.29, 1.82) is 0 Å². The van der Waals surface area contributed by atoms with Crippen LogP contribution in [0.2, 0.25) is 5.15 Å². The van der Waals surface area contributed by atoms with E-state index in [0.29, 0.717) is 0 Å². The first-order valence-corrected chi connectivity index (χ1v) is 6.30. The number of rotatable bonds is 1. The highest BCUT2D eigenvalue weighted by Crippen LogP contribution is 2.03. The summed E-state index contributed by atoms with van der Waals surface area (Å²) in [6.07, 6.45) is 2.74. The van der Waals surface area contributed by atoms with E-state index >= 15 is 0 Å². The zero-order valence-corrected chi connectivity index (χ0v) is 9.17. The van der Waals surface area contributed by atoms with Crippen LogP contribution in [0.25, 0.3) is 0 Å². The van der Waals surface area contributed by atoms with Crippen LogP contribution in [0.5, 0.6) is 0 Å². The Bertz CT molecular complexity index is 454. The van der Waals surface area contributed by atoms with E-state index in [1.165, 1.54) is 24.6 Å². The molecule has 0 bridgehead atoms. The van der Waals surface area contributed by atoms with Gasteiger partial charge in [-0.1, -0.05) is 11.6 Å². The van der Waals surface area contributed by atoms with Crippen molar-refractivity contribution >= 4 is 27.2 Å². The minimum absolute atomic E-state index is 0.0332. The molecule has 0 N–H and O–H groups in total. The second-order valence-corrected chi connectivity index (χ2v) is 5.75. The van der Waals surface area contributed by atoms with Crippen molar-refractivity contribution in [2.45, 2.75) is 0 Å². The van der Waals surface area contributed by atoms with Crippen molar-refractivity contribution in [3.63, 3.8) is 0 Å². The van der Waals surface area contributed by atoms with Gasteiger partial charge in [-0.05, 0) is 12.1 Å². The molecule has 0 aliphatic rings. The molecule has 1 aromatic heterocycles. The van der Waals surface area contributed by atoms with E-state index in [0.717, 1.165) is 0 Å². The summed E-state index contributed by atoms with van der Waals surface area (Å²) in [6, 6.07) is 2.80. The Morgan fingerprint density at radius 2 is 2.07 bits per heavy atom. The summed E-state index contributed by atoms with van der Waals surface area (Å²) in [5.41, 5.74) is 0.0332. The quantitative estimate of drug-likeness (QED) is 0.725.